The van der Waals surface area contributed by atoms with E-state index in [1.165, 1.54) is 36.4 Å². The Morgan fingerprint density at radius 2 is 1.48 bits per heavy atom. The largest absolute Gasteiger partial charge is 0.425 e. The monoisotopic (exact) mass is 337 g/mol. The van der Waals surface area contributed by atoms with Gasteiger partial charge in [0.05, 0.1) is 6.07 Å². The van der Waals surface area contributed by atoms with Crippen LogP contribution < -0.4 is 4.74 Å². The van der Waals surface area contributed by atoms with Crippen molar-refractivity contribution in [2.75, 3.05) is 0 Å². The molecular weight excluding hydrogens is 321 g/mol. The third-order valence-electron chi connectivity index (χ3n) is 4.50. The second kappa shape index (κ2) is 6.86. The van der Waals surface area contributed by atoms with Crippen LogP contribution in [0.5, 0.6) is 5.75 Å². The van der Waals surface area contributed by atoms with E-state index in [2.05, 4.69) is 6.07 Å². The molecule has 0 aromatic heterocycles. The van der Waals surface area contributed by atoms with Crippen molar-refractivity contribution >= 4 is 11.8 Å². The molecule has 0 spiro atoms. The van der Waals surface area contributed by atoms with Gasteiger partial charge in [0, 0.05) is 11.1 Å². The van der Waals surface area contributed by atoms with Crippen molar-refractivity contribution in [3.05, 3.63) is 65.5 Å². The SMILES string of the molecule is N#CC1(C(=O)Oc2ccc(C(=O)c3ccc(F)cc3)cc2)CCCC1. The van der Waals surface area contributed by atoms with Crippen molar-refractivity contribution < 1.29 is 18.7 Å². The van der Waals surface area contributed by atoms with Gasteiger partial charge in [-0.1, -0.05) is 12.8 Å². The van der Waals surface area contributed by atoms with Crippen LogP contribution in [0.15, 0.2) is 48.5 Å². The highest BCUT2D eigenvalue weighted by molar-refractivity contribution is 6.09. The maximum Gasteiger partial charge on any atom is 0.331 e. The smallest absolute Gasteiger partial charge is 0.331 e. The number of hydrogen-bond donors (Lipinski definition) is 0. The van der Waals surface area contributed by atoms with Crippen LogP contribution in [0.3, 0.4) is 0 Å². The first kappa shape index (κ1) is 16.8. The average Bonchev–Trinajstić information content (AvgIpc) is 3.13. The fraction of sp³-hybridized carbons (Fsp3) is 0.250. The fourth-order valence-corrected chi connectivity index (χ4v) is 2.99. The summed E-state index contributed by atoms with van der Waals surface area (Å²) < 4.78 is 18.3. The van der Waals surface area contributed by atoms with Crippen LogP contribution in [-0.2, 0) is 4.79 Å². The van der Waals surface area contributed by atoms with Gasteiger partial charge < -0.3 is 4.74 Å². The van der Waals surface area contributed by atoms with Crippen LogP contribution >= 0.6 is 0 Å². The Morgan fingerprint density at radius 3 is 2.00 bits per heavy atom. The first-order valence-corrected chi connectivity index (χ1v) is 8.08. The predicted octanol–water partition coefficient (Wildman–Crippen LogP) is 4.05. The average molecular weight is 337 g/mol. The molecule has 0 radical (unpaired) electrons. The van der Waals surface area contributed by atoms with Gasteiger partial charge in [0.2, 0.25) is 0 Å². The highest BCUT2D eigenvalue weighted by Crippen LogP contribution is 2.38. The van der Waals surface area contributed by atoms with Gasteiger partial charge >= 0.3 is 5.97 Å². The molecule has 4 nitrogen and oxygen atoms in total. The molecule has 0 saturated heterocycles. The van der Waals surface area contributed by atoms with E-state index in [1.54, 1.807) is 12.1 Å². The second-order valence-corrected chi connectivity index (χ2v) is 6.15. The molecule has 0 heterocycles. The van der Waals surface area contributed by atoms with E-state index in [1.807, 2.05) is 0 Å². The topological polar surface area (TPSA) is 67.2 Å². The van der Waals surface area contributed by atoms with Crippen molar-refractivity contribution in [3.8, 4) is 11.8 Å². The van der Waals surface area contributed by atoms with E-state index in [9.17, 15) is 19.2 Å². The number of nitrogens with zero attached hydrogens (tertiary/aromatic N) is 1. The van der Waals surface area contributed by atoms with Crippen molar-refractivity contribution in [1.29, 1.82) is 5.26 Å². The van der Waals surface area contributed by atoms with Crippen LogP contribution in [0.4, 0.5) is 4.39 Å². The fourth-order valence-electron chi connectivity index (χ4n) is 2.99. The molecule has 2 aromatic rings. The summed E-state index contributed by atoms with van der Waals surface area (Å²) in [5, 5.41) is 9.31. The first-order chi connectivity index (χ1) is 12.0. The van der Waals surface area contributed by atoms with E-state index < -0.39 is 17.2 Å². The summed E-state index contributed by atoms with van der Waals surface area (Å²) in [7, 11) is 0. The Kier molecular flexibility index (Phi) is 4.62. The van der Waals surface area contributed by atoms with Crippen molar-refractivity contribution in [2.45, 2.75) is 25.7 Å². The summed E-state index contributed by atoms with van der Waals surface area (Å²) in [6.45, 7) is 0. The van der Waals surface area contributed by atoms with E-state index in [-0.39, 0.29) is 5.78 Å². The highest BCUT2D eigenvalue weighted by atomic mass is 19.1. The predicted molar refractivity (Wildman–Crippen MR) is 88.4 cm³/mol. The lowest BCUT2D eigenvalue weighted by Crippen LogP contribution is -2.30. The van der Waals surface area contributed by atoms with Crippen LogP contribution in [0.2, 0.25) is 0 Å². The van der Waals surface area contributed by atoms with E-state index >= 15 is 0 Å². The van der Waals surface area contributed by atoms with Gasteiger partial charge in [-0.3, -0.25) is 4.79 Å². The molecule has 0 unspecified atom stereocenters. The molecule has 0 bridgehead atoms. The Hall–Kier alpha value is -3.00. The van der Waals surface area contributed by atoms with Gasteiger partial charge in [-0.25, -0.2) is 9.18 Å². The number of rotatable bonds is 4. The summed E-state index contributed by atoms with van der Waals surface area (Å²) in [6, 6.07) is 13.5. The molecule has 0 atom stereocenters. The second-order valence-electron chi connectivity index (χ2n) is 6.15. The zero-order valence-electron chi connectivity index (χ0n) is 13.5. The Labute approximate surface area is 144 Å². The maximum absolute atomic E-state index is 12.9. The quantitative estimate of drug-likeness (QED) is 0.480. The van der Waals surface area contributed by atoms with Crippen LogP contribution in [0, 0.1) is 22.6 Å². The highest BCUT2D eigenvalue weighted by Gasteiger charge is 2.43. The molecule has 1 fully saturated rings. The molecule has 5 heteroatoms. The van der Waals surface area contributed by atoms with Crippen molar-refractivity contribution in [3.63, 3.8) is 0 Å². The summed E-state index contributed by atoms with van der Waals surface area (Å²) in [4.78, 5) is 24.6. The summed E-state index contributed by atoms with van der Waals surface area (Å²) in [6.07, 6.45) is 2.72. The van der Waals surface area contributed by atoms with Crippen molar-refractivity contribution in [1.82, 2.24) is 0 Å². The van der Waals surface area contributed by atoms with E-state index in [4.69, 9.17) is 4.74 Å². The first-order valence-electron chi connectivity index (χ1n) is 8.08. The number of hydrogen-bond acceptors (Lipinski definition) is 4. The number of ketones is 1. The van der Waals surface area contributed by atoms with E-state index in [0.29, 0.717) is 29.7 Å². The molecule has 0 N–H and O–H groups in total. The molecule has 1 aliphatic rings. The van der Waals surface area contributed by atoms with Gasteiger partial charge in [-0.05, 0) is 61.4 Å². The number of carbonyl (C=O) groups excluding carboxylic acids is 2. The van der Waals surface area contributed by atoms with Gasteiger partial charge in [0.15, 0.2) is 11.2 Å². The summed E-state index contributed by atoms with van der Waals surface area (Å²) in [5.41, 5.74) is -0.273. The number of halogens is 1. The lowest BCUT2D eigenvalue weighted by molar-refractivity contribution is -0.142. The zero-order valence-corrected chi connectivity index (χ0v) is 13.5. The molecule has 3 rings (SSSR count). The molecule has 25 heavy (non-hydrogen) atoms. The summed E-state index contributed by atoms with van der Waals surface area (Å²) in [5.74, 6) is -0.897. The minimum absolute atomic E-state index is 0.248. The van der Waals surface area contributed by atoms with Gasteiger partial charge in [-0.2, -0.15) is 5.26 Å². The molecule has 1 saturated carbocycles. The minimum Gasteiger partial charge on any atom is -0.425 e. The molecule has 0 amide bonds. The maximum atomic E-state index is 12.9. The van der Waals surface area contributed by atoms with Crippen molar-refractivity contribution in [2.24, 2.45) is 5.41 Å². The van der Waals surface area contributed by atoms with Crippen LogP contribution in [0.1, 0.15) is 41.6 Å². The molecule has 2 aromatic carbocycles. The third kappa shape index (κ3) is 3.43. The van der Waals surface area contributed by atoms with Crippen LogP contribution in [-0.4, -0.2) is 11.8 Å². The standard InChI is InChI=1S/C20H16FNO3/c21-16-7-3-14(4-8-16)18(23)15-5-9-17(10-6-15)25-19(24)20(13-22)11-1-2-12-20/h3-10H,1-2,11-12H2. The minimum atomic E-state index is -1.05. The summed E-state index contributed by atoms with van der Waals surface area (Å²) >= 11 is 0. The molecule has 1 aliphatic carbocycles. The number of ether oxygens (including phenoxy) is 1. The molecule has 0 aliphatic heterocycles. The number of carbonyl (C=O) groups is 2. The lowest BCUT2D eigenvalue weighted by atomic mass is 9.88. The lowest BCUT2D eigenvalue weighted by Gasteiger charge is -2.17. The molecular formula is C20H16FNO3. The number of esters is 1. The van der Waals surface area contributed by atoms with Gasteiger partial charge in [-0.15, -0.1) is 0 Å². The number of benzene rings is 2. The molecule has 126 valence electrons. The third-order valence-corrected chi connectivity index (χ3v) is 4.50. The van der Waals surface area contributed by atoms with Gasteiger partial charge in [0.1, 0.15) is 11.6 Å². The van der Waals surface area contributed by atoms with Crippen LogP contribution in [0.25, 0.3) is 0 Å². The normalized spacial score (nSPS) is 15.4. The Balaban J connectivity index is 1.72. The number of nitriles is 1. The van der Waals surface area contributed by atoms with Gasteiger partial charge in [0.25, 0.3) is 0 Å². The Morgan fingerprint density at radius 1 is 0.960 bits per heavy atom. The zero-order chi connectivity index (χ0) is 17.9. The van der Waals surface area contributed by atoms with E-state index in [0.717, 1.165) is 12.8 Å². The Bertz CT molecular complexity index is 829.